The Balaban J connectivity index is 1.72. The Labute approximate surface area is 171 Å². The number of benzene rings is 2. The fraction of sp³-hybridized carbons (Fsp3) is 0.222. The van der Waals surface area contributed by atoms with E-state index in [0.717, 1.165) is 0 Å². The number of carbonyl (C=O) groups excluding carboxylic acids is 2. The van der Waals surface area contributed by atoms with Gasteiger partial charge >= 0.3 is 0 Å². The van der Waals surface area contributed by atoms with E-state index < -0.39 is 0 Å². The van der Waals surface area contributed by atoms with Crippen LogP contribution in [0.25, 0.3) is 0 Å². The van der Waals surface area contributed by atoms with E-state index >= 15 is 0 Å². The second kappa shape index (κ2) is 10.0. The zero-order valence-corrected chi connectivity index (χ0v) is 16.6. The largest absolute Gasteiger partial charge is 0.325 e. The minimum atomic E-state index is -0.188. The molecule has 0 aromatic heterocycles. The average Bonchev–Trinajstić information content (AvgIpc) is 2.60. The van der Waals surface area contributed by atoms with Crippen molar-refractivity contribution in [1.29, 1.82) is 0 Å². The number of carbonyl (C=O) groups is 2. The van der Waals surface area contributed by atoms with Gasteiger partial charge in [-0.05, 0) is 37.1 Å². The molecule has 0 saturated heterocycles. The molecule has 0 aliphatic rings. The molecule has 0 heterocycles. The van der Waals surface area contributed by atoms with Gasteiger partial charge in [0.2, 0.25) is 11.8 Å². The number of rotatable bonds is 7. The first-order chi connectivity index (χ1) is 12.4. The first-order valence-electron chi connectivity index (χ1n) is 7.86. The summed E-state index contributed by atoms with van der Waals surface area (Å²) in [6, 6.07) is 10.0. The molecule has 2 N–H and O–H groups in total. The molecular formula is C18H16Cl4N2O2. The molecule has 2 amide bonds. The van der Waals surface area contributed by atoms with E-state index in [1.54, 1.807) is 36.4 Å². The molecule has 138 valence electrons. The summed E-state index contributed by atoms with van der Waals surface area (Å²) in [5.74, 6) is -0.375. The lowest BCUT2D eigenvalue weighted by molar-refractivity contribution is -0.118. The minimum Gasteiger partial charge on any atom is -0.325 e. The maximum Gasteiger partial charge on any atom is 0.224 e. The molecule has 0 saturated carbocycles. The molecule has 0 aliphatic heterocycles. The smallest absolute Gasteiger partial charge is 0.224 e. The molecular weight excluding hydrogens is 418 g/mol. The predicted molar refractivity (Wildman–Crippen MR) is 109 cm³/mol. The minimum absolute atomic E-state index is 0.188. The fourth-order valence-corrected chi connectivity index (χ4v) is 2.89. The van der Waals surface area contributed by atoms with Gasteiger partial charge in [-0.1, -0.05) is 58.5 Å². The van der Waals surface area contributed by atoms with Gasteiger partial charge in [-0.15, -0.1) is 0 Å². The molecule has 2 rings (SSSR count). The zero-order valence-electron chi connectivity index (χ0n) is 13.6. The number of hydrogen-bond donors (Lipinski definition) is 2. The lowest BCUT2D eigenvalue weighted by atomic mass is 10.1. The topological polar surface area (TPSA) is 58.2 Å². The van der Waals surface area contributed by atoms with Crippen LogP contribution in [0.2, 0.25) is 20.1 Å². The summed E-state index contributed by atoms with van der Waals surface area (Å²) in [6.07, 6.45) is 1.66. The maximum atomic E-state index is 11.9. The molecule has 0 radical (unpaired) electrons. The highest BCUT2D eigenvalue weighted by Crippen LogP contribution is 2.30. The lowest BCUT2D eigenvalue weighted by Crippen LogP contribution is -2.13. The van der Waals surface area contributed by atoms with Crippen molar-refractivity contribution in [1.82, 2.24) is 0 Å². The summed E-state index contributed by atoms with van der Waals surface area (Å²) >= 11 is 23.8. The summed E-state index contributed by atoms with van der Waals surface area (Å²) in [5, 5.41) is 6.77. The Morgan fingerprint density at radius 2 is 1.08 bits per heavy atom. The van der Waals surface area contributed by atoms with Crippen molar-refractivity contribution >= 4 is 69.6 Å². The van der Waals surface area contributed by atoms with E-state index in [0.29, 0.717) is 44.3 Å². The molecule has 0 unspecified atom stereocenters. The van der Waals surface area contributed by atoms with Crippen molar-refractivity contribution in [2.75, 3.05) is 10.6 Å². The van der Waals surface area contributed by atoms with Crippen molar-refractivity contribution < 1.29 is 9.59 Å². The van der Waals surface area contributed by atoms with Crippen molar-refractivity contribution in [3.05, 3.63) is 56.5 Å². The Kier molecular flexibility index (Phi) is 8.04. The maximum absolute atomic E-state index is 11.9. The number of nitrogens with one attached hydrogen (secondary N) is 2. The summed E-state index contributed by atoms with van der Waals surface area (Å²) in [4.78, 5) is 23.9. The molecule has 0 aliphatic carbocycles. The third kappa shape index (κ3) is 6.06. The first-order valence-corrected chi connectivity index (χ1v) is 9.37. The number of halogens is 4. The van der Waals surface area contributed by atoms with Crippen LogP contribution < -0.4 is 10.6 Å². The number of unbranched alkanes of at least 4 members (excludes halogenated alkanes) is 1. The van der Waals surface area contributed by atoms with Crippen molar-refractivity contribution in [3.8, 4) is 0 Å². The molecule has 26 heavy (non-hydrogen) atoms. The van der Waals surface area contributed by atoms with Gasteiger partial charge in [-0.2, -0.15) is 0 Å². The molecule has 2 aromatic rings. The van der Waals surface area contributed by atoms with Crippen LogP contribution in [0.4, 0.5) is 11.4 Å². The monoisotopic (exact) mass is 432 g/mol. The van der Waals surface area contributed by atoms with E-state index in [2.05, 4.69) is 10.6 Å². The number of hydrogen-bond acceptors (Lipinski definition) is 2. The van der Waals surface area contributed by atoms with Gasteiger partial charge in [-0.25, -0.2) is 0 Å². The Hall–Kier alpha value is -1.46. The highest BCUT2D eigenvalue weighted by atomic mass is 35.5. The number of amides is 2. The molecule has 0 fully saturated rings. The highest BCUT2D eigenvalue weighted by Gasteiger charge is 2.10. The molecule has 4 nitrogen and oxygen atoms in total. The Morgan fingerprint density at radius 1 is 0.692 bits per heavy atom. The molecule has 0 spiro atoms. The third-order valence-corrected chi connectivity index (χ3v) is 5.15. The van der Waals surface area contributed by atoms with Gasteiger partial charge < -0.3 is 10.6 Å². The Morgan fingerprint density at radius 3 is 1.46 bits per heavy atom. The van der Waals surface area contributed by atoms with Gasteiger partial charge in [0.25, 0.3) is 0 Å². The van der Waals surface area contributed by atoms with Crippen LogP contribution >= 0.6 is 46.4 Å². The normalized spacial score (nSPS) is 10.5. The summed E-state index contributed by atoms with van der Waals surface area (Å²) in [6.45, 7) is 0. The van der Waals surface area contributed by atoms with Crippen LogP contribution in [0.3, 0.4) is 0 Å². The van der Waals surface area contributed by atoms with Gasteiger partial charge in [0, 0.05) is 12.8 Å². The van der Waals surface area contributed by atoms with Crippen molar-refractivity contribution in [2.45, 2.75) is 25.7 Å². The first kappa shape index (κ1) is 20.8. The van der Waals surface area contributed by atoms with Crippen LogP contribution in [0.1, 0.15) is 25.7 Å². The third-order valence-electron chi connectivity index (χ3n) is 3.51. The summed E-state index contributed by atoms with van der Waals surface area (Å²) in [5.41, 5.74) is 0.940. The van der Waals surface area contributed by atoms with Crippen molar-refractivity contribution in [2.24, 2.45) is 0 Å². The van der Waals surface area contributed by atoms with Crippen molar-refractivity contribution in [3.63, 3.8) is 0 Å². The van der Waals surface area contributed by atoms with Gasteiger partial charge in [0.15, 0.2) is 0 Å². The second-order valence-corrected chi connectivity index (χ2v) is 7.08. The van der Waals surface area contributed by atoms with Crippen LogP contribution in [0.15, 0.2) is 36.4 Å². The molecule has 2 aromatic carbocycles. The van der Waals surface area contributed by atoms with Gasteiger partial charge in [-0.3, -0.25) is 9.59 Å². The van der Waals surface area contributed by atoms with Crippen LogP contribution in [-0.4, -0.2) is 11.8 Å². The fourth-order valence-electron chi connectivity index (χ4n) is 2.20. The molecule has 0 bridgehead atoms. The van der Waals surface area contributed by atoms with E-state index in [9.17, 15) is 9.59 Å². The van der Waals surface area contributed by atoms with Gasteiger partial charge in [0.05, 0.1) is 31.5 Å². The molecule has 0 atom stereocenters. The standard InChI is InChI=1S/C18H16Cl4N2O2/c19-11-5-3-7-13(17(11)21)23-15(25)9-1-2-10-16(26)24-14-8-4-6-12(20)18(14)22/h3-8H,1-2,9-10H2,(H,23,25)(H,24,26). The van der Waals surface area contributed by atoms with Crippen LogP contribution in [0.5, 0.6) is 0 Å². The van der Waals surface area contributed by atoms with E-state index in [1.165, 1.54) is 0 Å². The summed E-state index contributed by atoms with van der Waals surface area (Å²) in [7, 11) is 0. The van der Waals surface area contributed by atoms with Crippen LogP contribution in [0, 0.1) is 0 Å². The summed E-state index contributed by atoms with van der Waals surface area (Å²) < 4.78 is 0. The number of anilines is 2. The average molecular weight is 434 g/mol. The quantitative estimate of drug-likeness (QED) is 0.493. The predicted octanol–water partition coefficient (Wildman–Crippen LogP) is 6.44. The van der Waals surface area contributed by atoms with E-state index in [1.807, 2.05) is 0 Å². The van der Waals surface area contributed by atoms with Gasteiger partial charge in [0.1, 0.15) is 0 Å². The highest BCUT2D eigenvalue weighted by molar-refractivity contribution is 6.44. The second-order valence-electron chi connectivity index (χ2n) is 5.51. The SMILES string of the molecule is O=C(CCCCC(=O)Nc1cccc(Cl)c1Cl)Nc1cccc(Cl)c1Cl. The lowest BCUT2D eigenvalue weighted by Gasteiger charge is -2.09. The van der Waals surface area contributed by atoms with E-state index in [-0.39, 0.29) is 24.7 Å². The Bertz CT molecular complexity index is 744. The van der Waals surface area contributed by atoms with E-state index in [4.69, 9.17) is 46.4 Å². The molecule has 8 heteroatoms. The van der Waals surface area contributed by atoms with Crippen LogP contribution in [-0.2, 0) is 9.59 Å². The zero-order chi connectivity index (χ0) is 19.1.